The highest BCUT2D eigenvalue weighted by Gasteiger charge is 2.25. The molecule has 0 radical (unpaired) electrons. The molecule has 3 aromatic rings. The van der Waals surface area contributed by atoms with Crippen molar-refractivity contribution in [2.75, 3.05) is 0 Å². The quantitative estimate of drug-likeness (QED) is 0.613. The van der Waals surface area contributed by atoms with Gasteiger partial charge in [0, 0.05) is 18.9 Å². The van der Waals surface area contributed by atoms with Crippen molar-refractivity contribution < 1.29 is 9.21 Å². The molecule has 0 aliphatic rings. The van der Waals surface area contributed by atoms with E-state index in [0.717, 1.165) is 11.3 Å². The molecule has 0 saturated heterocycles. The van der Waals surface area contributed by atoms with Crippen LogP contribution in [0.1, 0.15) is 25.2 Å². The lowest BCUT2D eigenvalue weighted by Gasteiger charge is -2.19. The lowest BCUT2D eigenvalue weighted by Crippen LogP contribution is -2.35. The summed E-state index contributed by atoms with van der Waals surface area (Å²) in [5.74, 6) is 0.929. The second kappa shape index (κ2) is 8.66. The summed E-state index contributed by atoms with van der Waals surface area (Å²) < 4.78 is 7.26. The summed E-state index contributed by atoms with van der Waals surface area (Å²) >= 11 is 1.42. The number of thioether (sulfide) groups is 1. The van der Waals surface area contributed by atoms with E-state index >= 15 is 0 Å². The first-order chi connectivity index (χ1) is 12.6. The van der Waals surface area contributed by atoms with Crippen LogP contribution in [-0.4, -0.2) is 30.9 Å². The van der Waals surface area contributed by atoms with Crippen molar-refractivity contribution >= 4 is 17.7 Å². The van der Waals surface area contributed by atoms with E-state index < -0.39 is 0 Å². The monoisotopic (exact) mass is 371 g/mol. The van der Waals surface area contributed by atoms with E-state index in [2.05, 4.69) is 20.5 Å². The molecule has 0 saturated carbocycles. The van der Waals surface area contributed by atoms with Crippen molar-refractivity contribution in [3.05, 3.63) is 60.6 Å². The lowest BCUT2D eigenvalue weighted by atomic mass is 10.1. The highest BCUT2D eigenvalue weighted by Crippen LogP contribution is 2.27. The number of rotatable bonds is 8. The Bertz CT molecular complexity index is 817. The van der Waals surface area contributed by atoms with Gasteiger partial charge in [-0.15, -0.1) is 10.2 Å². The highest BCUT2D eigenvalue weighted by atomic mass is 32.2. The zero-order chi connectivity index (χ0) is 18.4. The van der Waals surface area contributed by atoms with Crippen LogP contribution in [0.5, 0.6) is 0 Å². The summed E-state index contributed by atoms with van der Waals surface area (Å²) in [7, 11) is 0. The van der Waals surface area contributed by atoms with Gasteiger partial charge in [0.1, 0.15) is 12.1 Å². The van der Waals surface area contributed by atoms with Crippen LogP contribution in [-0.2, 0) is 17.9 Å². The van der Waals surface area contributed by atoms with Crippen LogP contribution >= 0.6 is 11.8 Å². The second-order valence-corrected chi connectivity index (χ2v) is 7.29. The molecule has 1 amide bonds. The van der Waals surface area contributed by atoms with E-state index in [-0.39, 0.29) is 17.1 Å². The van der Waals surface area contributed by atoms with Crippen LogP contribution in [0.4, 0.5) is 0 Å². The van der Waals surface area contributed by atoms with Gasteiger partial charge in [0.15, 0.2) is 5.16 Å². The number of nitrogens with zero attached hydrogens (tertiary/aromatic N) is 4. The zero-order valence-corrected chi connectivity index (χ0v) is 15.5. The molecule has 1 unspecified atom stereocenters. The number of furan rings is 1. The molecule has 7 nitrogen and oxygen atoms in total. The Morgan fingerprint density at radius 2 is 2.23 bits per heavy atom. The average molecular weight is 371 g/mol. The third-order valence-electron chi connectivity index (χ3n) is 3.77. The fourth-order valence-electron chi connectivity index (χ4n) is 2.41. The van der Waals surface area contributed by atoms with Crippen molar-refractivity contribution in [2.24, 2.45) is 5.92 Å². The number of carbonyl (C=O) groups is 1. The van der Waals surface area contributed by atoms with E-state index in [0.29, 0.717) is 18.2 Å². The molecule has 3 rings (SSSR count). The van der Waals surface area contributed by atoms with Crippen LogP contribution in [0.2, 0.25) is 0 Å². The van der Waals surface area contributed by atoms with E-state index in [9.17, 15) is 4.79 Å². The minimum Gasteiger partial charge on any atom is -0.467 e. The first kappa shape index (κ1) is 18.2. The Morgan fingerprint density at radius 3 is 2.92 bits per heavy atom. The lowest BCUT2D eigenvalue weighted by molar-refractivity contribution is -0.121. The minimum atomic E-state index is -0.272. The molecule has 3 aromatic heterocycles. The van der Waals surface area contributed by atoms with E-state index in [4.69, 9.17) is 4.42 Å². The summed E-state index contributed by atoms with van der Waals surface area (Å²) in [6.45, 7) is 5.03. The van der Waals surface area contributed by atoms with E-state index in [1.54, 1.807) is 25.0 Å². The number of amides is 1. The predicted molar refractivity (Wildman–Crippen MR) is 98.4 cm³/mol. The summed E-state index contributed by atoms with van der Waals surface area (Å²) in [5, 5.41) is 11.5. The van der Waals surface area contributed by atoms with Crippen LogP contribution in [0.3, 0.4) is 0 Å². The highest BCUT2D eigenvalue weighted by molar-refractivity contribution is 8.00. The summed E-state index contributed by atoms with van der Waals surface area (Å²) in [6, 6.07) is 7.53. The molecule has 0 fully saturated rings. The Kier molecular flexibility index (Phi) is 6.06. The molecule has 3 heterocycles. The first-order valence-corrected chi connectivity index (χ1v) is 9.25. The minimum absolute atomic E-state index is 0.0265. The average Bonchev–Trinajstić information content (AvgIpc) is 3.31. The van der Waals surface area contributed by atoms with Crippen molar-refractivity contribution in [3.8, 4) is 0 Å². The molecular weight excluding hydrogens is 350 g/mol. The molecule has 8 heteroatoms. The fourth-order valence-corrected chi connectivity index (χ4v) is 3.44. The second-order valence-electron chi connectivity index (χ2n) is 6.18. The van der Waals surface area contributed by atoms with Crippen molar-refractivity contribution in [2.45, 2.75) is 37.3 Å². The van der Waals surface area contributed by atoms with E-state index in [1.165, 1.54) is 11.8 Å². The van der Waals surface area contributed by atoms with Crippen molar-refractivity contribution in [1.82, 2.24) is 25.1 Å². The Morgan fingerprint density at radius 1 is 1.35 bits per heavy atom. The third kappa shape index (κ3) is 4.72. The molecule has 1 N–H and O–H groups in total. The molecule has 26 heavy (non-hydrogen) atoms. The largest absolute Gasteiger partial charge is 0.467 e. The normalized spacial score (nSPS) is 12.3. The molecule has 1 atom stereocenters. The van der Waals surface area contributed by atoms with Gasteiger partial charge in [-0.3, -0.25) is 9.78 Å². The topological polar surface area (TPSA) is 85.8 Å². The molecule has 136 valence electrons. The first-order valence-electron chi connectivity index (χ1n) is 8.37. The maximum absolute atomic E-state index is 12.7. The maximum atomic E-state index is 12.7. The van der Waals surface area contributed by atoms with E-state index in [1.807, 2.05) is 42.7 Å². The van der Waals surface area contributed by atoms with Gasteiger partial charge in [0.2, 0.25) is 5.91 Å². The van der Waals surface area contributed by atoms with Gasteiger partial charge in [-0.1, -0.05) is 31.7 Å². The Balaban J connectivity index is 1.65. The molecular formula is C18H21N5O2S. The van der Waals surface area contributed by atoms with Crippen LogP contribution in [0.25, 0.3) is 0 Å². The van der Waals surface area contributed by atoms with Gasteiger partial charge in [-0.2, -0.15) is 0 Å². The Labute approximate surface area is 156 Å². The molecule has 0 bridgehead atoms. The number of hydrogen-bond acceptors (Lipinski definition) is 6. The number of hydrogen-bond donors (Lipinski definition) is 1. The van der Waals surface area contributed by atoms with Gasteiger partial charge >= 0.3 is 0 Å². The van der Waals surface area contributed by atoms with Gasteiger partial charge < -0.3 is 14.3 Å². The number of nitrogens with one attached hydrogen (secondary N) is 1. The molecule has 0 aliphatic heterocycles. The SMILES string of the molecule is CC(C)C(Sc1nncn1Cc1ccco1)C(=O)NCc1cccnc1. The van der Waals surface area contributed by atoms with Gasteiger partial charge in [-0.25, -0.2) is 0 Å². The van der Waals surface area contributed by atoms with Crippen molar-refractivity contribution in [3.63, 3.8) is 0 Å². The predicted octanol–water partition coefficient (Wildman–Crippen LogP) is 2.75. The van der Waals surface area contributed by atoms with Gasteiger partial charge in [0.25, 0.3) is 0 Å². The summed E-state index contributed by atoms with van der Waals surface area (Å²) in [6.07, 6.45) is 6.74. The fraction of sp³-hybridized carbons (Fsp3) is 0.333. The smallest absolute Gasteiger partial charge is 0.234 e. The summed E-state index contributed by atoms with van der Waals surface area (Å²) in [4.78, 5) is 16.7. The van der Waals surface area contributed by atoms with Gasteiger partial charge in [-0.05, 0) is 29.7 Å². The van der Waals surface area contributed by atoms with Crippen LogP contribution in [0, 0.1) is 5.92 Å². The zero-order valence-electron chi connectivity index (χ0n) is 14.7. The number of carbonyl (C=O) groups excluding carboxylic acids is 1. The Hall–Kier alpha value is -2.61. The standard InChI is InChI=1S/C18H21N5O2S/c1-13(2)16(17(24)20-10-14-5-3-7-19-9-14)26-18-22-21-12-23(18)11-15-6-4-8-25-15/h3-9,12-13,16H,10-11H2,1-2H3,(H,20,24). The van der Waals surface area contributed by atoms with Gasteiger partial charge in [0.05, 0.1) is 18.1 Å². The van der Waals surface area contributed by atoms with Crippen LogP contribution < -0.4 is 5.32 Å². The molecule has 0 aromatic carbocycles. The summed E-state index contributed by atoms with van der Waals surface area (Å²) in [5.41, 5.74) is 0.967. The number of aromatic nitrogens is 4. The third-order valence-corrected chi connectivity index (χ3v) is 5.31. The van der Waals surface area contributed by atoms with Crippen LogP contribution in [0.15, 0.2) is 58.8 Å². The maximum Gasteiger partial charge on any atom is 0.234 e. The number of pyridine rings is 1. The molecule has 0 aliphatic carbocycles. The molecule has 0 spiro atoms. The van der Waals surface area contributed by atoms with Crippen molar-refractivity contribution in [1.29, 1.82) is 0 Å².